The van der Waals surface area contributed by atoms with E-state index in [9.17, 15) is 4.79 Å². The number of hydroxylamine groups is 2. The molecule has 3 heteroatoms. The van der Waals surface area contributed by atoms with E-state index in [4.69, 9.17) is 4.84 Å². The Hall–Kier alpha value is -1.61. The van der Waals surface area contributed by atoms with Crippen LogP contribution in [0, 0.1) is 6.92 Å². The Morgan fingerprint density at radius 1 is 1.31 bits per heavy atom. The molecule has 0 unspecified atom stereocenters. The van der Waals surface area contributed by atoms with Gasteiger partial charge in [-0.3, -0.25) is 9.63 Å². The quantitative estimate of drug-likeness (QED) is 0.577. The molecule has 0 aliphatic rings. The molecule has 0 radical (unpaired) electrons. The Morgan fingerprint density at radius 2 is 1.88 bits per heavy atom. The maximum atomic E-state index is 11.5. The Kier molecular flexibility index (Phi) is 4.26. The largest absolute Gasteiger partial charge is 0.274 e. The van der Waals surface area contributed by atoms with Crippen molar-refractivity contribution in [2.45, 2.75) is 13.8 Å². The van der Waals surface area contributed by atoms with Gasteiger partial charge in [-0.1, -0.05) is 29.8 Å². The number of aryl methyl sites for hydroxylation is 1. The molecule has 1 aromatic rings. The molecular weight excluding hydrogens is 202 g/mol. The van der Waals surface area contributed by atoms with Gasteiger partial charge in [0, 0.05) is 13.1 Å². The third-order valence-electron chi connectivity index (χ3n) is 2.43. The summed E-state index contributed by atoms with van der Waals surface area (Å²) in [7, 11) is 3.05. The normalized spacial score (nSPS) is 11.4. The van der Waals surface area contributed by atoms with E-state index in [-0.39, 0.29) is 5.91 Å². The number of hydrogen-bond acceptors (Lipinski definition) is 2. The third-order valence-corrected chi connectivity index (χ3v) is 2.43. The first kappa shape index (κ1) is 12.5. The van der Waals surface area contributed by atoms with Crippen LogP contribution in [0.15, 0.2) is 30.3 Å². The van der Waals surface area contributed by atoms with Gasteiger partial charge in [0.2, 0.25) is 0 Å². The molecule has 0 spiro atoms. The predicted octanol–water partition coefficient (Wildman–Crippen LogP) is 2.42. The minimum atomic E-state index is -0.166. The van der Waals surface area contributed by atoms with E-state index < -0.39 is 0 Å². The molecule has 16 heavy (non-hydrogen) atoms. The van der Waals surface area contributed by atoms with E-state index in [0.29, 0.717) is 0 Å². The van der Waals surface area contributed by atoms with Crippen molar-refractivity contribution in [3.63, 3.8) is 0 Å². The van der Waals surface area contributed by atoms with Gasteiger partial charge in [0.1, 0.15) is 0 Å². The number of carbonyl (C=O) groups is 1. The monoisotopic (exact) mass is 219 g/mol. The predicted molar refractivity (Wildman–Crippen MR) is 64.6 cm³/mol. The van der Waals surface area contributed by atoms with Gasteiger partial charge < -0.3 is 0 Å². The molecule has 1 aromatic carbocycles. The SMILES string of the molecule is CON(C)C(=O)/C=C(\C)c1ccc(C)cc1. The highest BCUT2D eigenvalue weighted by Crippen LogP contribution is 2.14. The van der Waals surface area contributed by atoms with Crippen LogP contribution >= 0.6 is 0 Å². The van der Waals surface area contributed by atoms with Gasteiger partial charge in [-0.05, 0) is 25.0 Å². The molecule has 0 aliphatic heterocycles. The number of carbonyl (C=O) groups excluding carboxylic acids is 1. The summed E-state index contributed by atoms with van der Waals surface area (Å²) in [6, 6.07) is 8.05. The van der Waals surface area contributed by atoms with Crippen LogP contribution < -0.4 is 0 Å². The highest BCUT2D eigenvalue weighted by Gasteiger charge is 2.05. The van der Waals surface area contributed by atoms with Crippen molar-refractivity contribution in [1.82, 2.24) is 5.06 Å². The van der Waals surface area contributed by atoms with E-state index in [0.717, 1.165) is 11.1 Å². The Balaban J connectivity index is 2.85. The number of likely N-dealkylation sites (N-methyl/N-ethyl adjacent to an activating group) is 1. The summed E-state index contributed by atoms with van der Waals surface area (Å²) in [6.07, 6.45) is 1.56. The second kappa shape index (κ2) is 5.47. The fourth-order valence-electron chi connectivity index (χ4n) is 1.27. The van der Waals surface area contributed by atoms with Gasteiger partial charge in [-0.25, -0.2) is 5.06 Å². The van der Waals surface area contributed by atoms with E-state index >= 15 is 0 Å². The molecule has 0 saturated carbocycles. The minimum absolute atomic E-state index is 0.166. The fourth-order valence-corrected chi connectivity index (χ4v) is 1.27. The van der Waals surface area contributed by atoms with Gasteiger partial charge in [-0.2, -0.15) is 0 Å². The van der Waals surface area contributed by atoms with Crippen LogP contribution in [0.3, 0.4) is 0 Å². The number of benzene rings is 1. The van der Waals surface area contributed by atoms with Crippen molar-refractivity contribution in [3.8, 4) is 0 Å². The Labute approximate surface area is 96.3 Å². The summed E-state index contributed by atoms with van der Waals surface area (Å²) in [5.74, 6) is -0.166. The van der Waals surface area contributed by atoms with Crippen LogP contribution in [0.1, 0.15) is 18.1 Å². The van der Waals surface area contributed by atoms with Gasteiger partial charge in [0.25, 0.3) is 5.91 Å². The third kappa shape index (κ3) is 3.21. The second-order valence-corrected chi connectivity index (χ2v) is 3.71. The summed E-state index contributed by atoms with van der Waals surface area (Å²) in [6.45, 7) is 3.94. The van der Waals surface area contributed by atoms with Crippen molar-refractivity contribution < 1.29 is 9.63 Å². The zero-order valence-electron chi connectivity index (χ0n) is 10.2. The van der Waals surface area contributed by atoms with Crippen LogP contribution in [0.5, 0.6) is 0 Å². The first-order valence-electron chi connectivity index (χ1n) is 5.11. The van der Waals surface area contributed by atoms with Crippen LogP contribution in [-0.2, 0) is 9.63 Å². The molecule has 86 valence electrons. The number of hydrogen-bond donors (Lipinski definition) is 0. The average Bonchev–Trinajstić information content (AvgIpc) is 2.28. The molecule has 0 aliphatic carbocycles. The molecule has 0 N–H and O–H groups in total. The maximum Gasteiger partial charge on any atom is 0.270 e. The lowest BCUT2D eigenvalue weighted by Gasteiger charge is -2.11. The lowest BCUT2D eigenvalue weighted by atomic mass is 10.1. The van der Waals surface area contributed by atoms with Crippen molar-refractivity contribution in [2.24, 2.45) is 0 Å². The lowest BCUT2D eigenvalue weighted by Crippen LogP contribution is -2.23. The Bertz CT molecular complexity index is 393. The number of allylic oxidation sites excluding steroid dienone is 1. The van der Waals surface area contributed by atoms with Crippen LogP contribution in [0.25, 0.3) is 5.57 Å². The molecule has 1 amide bonds. The van der Waals surface area contributed by atoms with E-state index in [1.165, 1.54) is 17.7 Å². The summed E-state index contributed by atoms with van der Waals surface area (Å²) < 4.78 is 0. The van der Waals surface area contributed by atoms with Crippen LogP contribution in [0.2, 0.25) is 0 Å². The standard InChI is InChI=1S/C13H17NO2/c1-10-5-7-12(8-6-10)11(2)9-13(15)14(3)16-4/h5-9H,1-4H3/b11-9+. The first-order chi connectivity index (χ1) is 7.54. The average molecular weight is 219 g/mol. The number of rotatable bonds is 3. The van der Waals surface area contributed by atoms with Crippen molar-refractivity contribution in [2.75, 3.05) is 14.2 Å². The zero-order valence-corrected chi connectivity index (χ0v) is 10.2. The van der Waals surface area contributed by atoms with E-state index in [1.54, 1.807) is 13.1 Å². The summed E-state index contributed by atoms with van der Waals surface area (Å²) in [5, 5.41) is 1.19. The van der Waals surface area contributed by atoms with Crippen LogP contribution in [-0.4, -0.2) is 25.1 Å². The van der Waals surface area contributed by atoms with Crippen LogP contribution in [0.4, 0.5) is 0 Å². The zero-order chi connectivity index (χ0) is 12.1. The van der Waals surface area contributed by atoms with E-state index in [2.05, 4.69) is 0 Å². The molecule has 0 atom stereocenters. The molecule has 0 bridgehead atoms. The molecule has 0 saturated heterocycles. The van der Waals surface area contributed by atoms with Crippen molar-refractivity contribution >= 4 is 11.5 Å². The first-order valence-corrected chi connectivity index (χ1v) is 5.11. The van der Waals surface area contributed by atoms with E-state index in [1.807, 2.05) is 38.1 Å². The smallest absolute Gasteiger partial charge is 0.270 e. The topological polar surface area (TPSA) is 29.5 Å². The summed E-state index contributed by atoms with van der Waals surface area (Å²) >= 11 is 0. The lowest BCUT2D eigenvalue weighted by molar-refractivity contribution is -0.162. The fraction of sp³-hybridized carbons (Fsp3) is 0.308. The van der Waals surface area contributed by atoms with Crippen molar-refractivity contribution in [1.29, 1.82) is 0 Å². The van der Waals surface area contributed by atoms with Gasteiger partial charge >= 0.3 is 0 Å². The number of nitrogens with zero attached hydrogens (tertiary/aromatic N) is 1. The number of amides is 1. The highest BCUT2D eigenvalue weighted by atomic mass is 16.7. The highest BCUT2D eigenvalue weighted by molar-refractivity contribution is 5.94. The Morgan fingerprint density at radius 3 is 2.38 bits per heavy atom. The van der Waals surface area contributed by atoms with Crippen molar-refractivity contribution in [3.05, 3.63) is 41.5 Å². The molecule has 0 heterocycles. The second-order valence-electron chi connectivity index (χ2n) is 3.71. The van der Waals surface area contributed by atoms with Gasteiger partial charge in [0.05, 0.1) is 7.11 Å². The molecule has 0 aromatic heterocycles. The maximum absolute atomic E-state index is 11.5. The minimum Gasteiger partial charge on any atom is -0.274 e. The summed E-state index contributed by atoms with van der Waals surface area (Å²) in [4.78, 5) is 16.4. The molecule has 3 nitrogen and oxygen atoms in total. The van der Waals surface area contributed by atoms with Gasteiger partial charge in [-0.15, -0.1) is 0 Å². The molecule has 1 rings (SSSR count). The van der Waals surface area contributed by atoms with Gasteiger partial charge in [0.15, 0.2) is 0 Å². The molecular formula is C13H17NO2. The molecule has 0 fully saturated rings. The summed E-state index contributed by atoms with van der Waals surface area (Å²) in [5.41, 5.74) is 3.18.